The molecule has 0 saturated heterocycles. The van der Waals surface area contributed by atoms with Crippen LogP contribution in [-0.2, 0) is 0 Å². The van der Waals surface area contributed by atoms with Gasteiger partial charge in [-0.2, -0.15) is 0 Å². The van der Waals surface area contributed by atoms with E-state index >= 15 is 4.39 Å². The molecule has 0 bridgehead atoms. The maximum Gasteiger partial charge on any atom is 0.146 e. The summed E-state index contributed by atoms with van der Waals surface area (Å²) < 4.78 is 16.3. The van der Waals surface area contributed by atoms with Gasteiger partial charge < -0.3 is 0 Å². The number of rotatable bonds is 4. The van der Waals surface area contributed by atoms with Crippen LogP contribution in [0.4, 0.5) is 4.39 Å². The zero-order valence-corrected chi connectivity index (χ0v) is 30.2. The smallest absolute Gasteiger partial charge is 0.146 e. The van der Waals surface area contributed by atoms with Gasteiger partial charge in [0.05, 0.1) is 0 Å². The Balaban J connectivity index is 1.66. The topological polar surface area (TPSA) is 0 Å². The molecule has 0 spiro atoms. The Labute approximate surface area is 289 Å². The highest BCUT2D eigenvalue weighted by Crippen LogP contribution is 2.48. The third-order valence-corrected chi connectivity index (χ3v) is 17.5. The van der Waals surface area contributed by atoms with Crippen molar-refractivity contribution in [3.05, 3.63) is 133 Å². The molecular weight excluding hydrogens is 612 g/mol. The first-order valence-corrected chi connectivity index (χ1v) is 19.9. The summed E-state index contributed by atoms with van der Waals surface area (Å²) in [4.78, 5) is 0. The van der Waals surface area contributed by atoms with E-state index in [0.717, 1.165) is 49.0 Å². The highest BCUT2D eigenvalue weighted by molar-refractivity contribution is 6.90. The lowest BCUT2D eigenvalue weighted by atomic mass is 9.83. The van der Waals surface area contributed by atoms with Gasteiger partial charge in [-0.15, -0.1) is 5.54 Å². The van der Waals surface area contributed by atoms with Crippen molar-refractivity contribution >= 4 is 72.7 Å². The van der Waals surface area contributed by atoms with E-state index in [-0.39, 0.29) is 5.82 Å². The molecule has 0 radical (unpaired) electrons. The molecule has 0 aromatic heterocycles. The standard InChI is InChI=1S/C47H41FSi/c1-29(2)49(30(3)4,31(5)6)24-23-36-41-25-32-15-7-9-17-34(32)27-43(41)46(44-28-35-18-10-8-16-33(35)26-42(36)44)45-37-19-11-13-21-39(37)47(48)40-22-14-12-20-38(40)45/h7-22,25-31H,1-6H3. The average Bonchev–Trinajstić information content (AvgIpc) is 3.10. The second-order valence-electron chi connectivity index (χ2n) is 14.7. The number of halogens is 1. The van der Waals surface area contributed by atoms with E-state index in [1.165, 1.54) is 21.5 Å². The third-order valence-electron chi connectivity index (χ3n) is 11.2. The molecule has 2 heteroatoms. The van der Waals surface area contributed by atoms with Crippen LogP contribution in [0.3, 0.4) is 0 Å². The first-order chi connectivity index (χ1) is 23.7. The van der Waals surface area contributed by atoms with E-state index in [2.05, 4.69) is 138 Å². The van der Waals surface area contributed by atoms with Crippen molar-refractivity contribution in [3.63, 3.8) is 0 Å². The fourth-order valence-electron chi connectivity index (χ4n) is 8.95. The van der Waals surface area contributed by atoms with Crippen molar-refractivity contribution in [2.45, 2.75) is 58.2 Å². The Hall–Kier alpha value is -4.97. The minimum absolute atomic E-state index is 0.167. The Bertz CT molecular complexity index is 2490. The molecule has 8 aromatic rings. The molecule has 0 saturated carbocycles. The summed E-state index contributed by atoms with van der Waals surface area (Å²) in [6.45, 7) is 14.3. The van der Waals surface area contributed by atoms with E-state index in [4.69, 9.17) is 0 Å². The summed E-state index contributed by atoms with van der Waals surface area (Å²) in [5.41, 5.74) is 8.97. The fraction of sp³-hybridized carbons (Fsp3) is 0.191. The Morgan fingerprint density at radius 3 is 1.14 bits per heavy atom. The molecule has 0 fully saturated rings. The average molecular weight is 653 g/mol. The summed E-state index contributed by atoms with van der Waals surface area (Å²) in [7, 11) is -2.05. The molecular formula is C47H41FSi. The number of fused-ring (bicyclic) bond motifs is 6. The minimum atomic E-state index is -2.05. The number of hydrogen-bond donors (Lipinski definition) is 0. The molecule has 49 heavy (non-hydrogen) atoms. The first-order valence-electron chi connectivity index (χ1n) is 17.6. The second-order valence-corrected chi connectivity index (χ2v) is 20.2. The summed E-state index contributed by atoms with van der Waals surface area (Å²) >= 11 is 0. The summed E-state index contributed by atoms with van der Waals surface area (Å²) in [6.07, 6.45) is 0. The van der Waals surface area contributed by atoms with E-state index in [0.29, 0.717) is 27.4 Å². The fourth-order valence-corrected chi connectivity index (χ4v) is 14.2. The van der Waals surface area contributed by atoms with Crippen LogP contribution < -0.4 is 0 Å². The van der Waals surface area contributed by atoms with Crippen LogP contribution >= 0.6 is 0 Å². The lowest BCUT2D eigenvalue weighted by Gasteiger charge is -2.38. The van der Waals surface area contributed by atoms with Gasteiger partial charge in [0.2, 0.25) is 0 Å². The highest BCUT2D eigenvalue weighted by atomic mass is 28.3. The van der Waals surface area contributed by atoms with E-state index in [1.807, 2.05) is 36.4 Å². The van der Waals surface area contributed by atoms with Gasteiger partial charge in [0, 0.05) is 16.3 Å². The van der Waals surface area contributed by atoms with Gasteiger partial charge in [-0.25, -0.2) is 4.39 Å². The Kier molecular flexibility index (Phi) is 7.58. The zero-order chi connectivity index (χ0) is 34.0. The third kappa shape index (κ3) is 4.78. The lowest BCUT2D eigenvalue weighted by Crippen LogP contribution is -2.43. The molecule has 0 aliphatic rings. The van der Waals surface area contributed by atoms with Gasteiger partial charge in [-0.1, -0.05) is 145 Å². The van der Waals surface area contributed by atoms with Crippen LogP contribution in [0.2, 0.25) is 16.6 Å². The molecule has 0 unspecified atom stereocenters. The van der Waals surface area contributed by atoms with Gasteiger partial charge >= 0.3 is 0 Å². The van der Waals surface area contributed by atoms with Crippen molar-refractivity contribution in [1.29, 1.82) is 0 Å². The van der Waals surface area contributed by atoms with Crippen molar-refractivity contribution in [1.82, 2.24) is 0 Å². The SMILES string of the molecule is CC(C)[Si](C#Cc1c2cc3ccccc3cc2c(-c2c3ccccc3c(F)c3ccccc23)c2cc3ccccc3cc12)(C(C)C)C(C)C. The first kappa shape index (κ1) is 31.3. The van der Waals surface area contributed by atoms with Gasteiger partial charge in [0.25, 0.3) is 0 Å². The van der Waals surface area contributed by atoms with Gasteiger partial charge in [-0.05, 0) is 106 Å². The molecule has 0 aliphatic heterocycles. The maximum atomic E-state index is 16.3. The van der Waals surface area contributed by atoms with Crippen LogP contribution in [0.1, 0.15) is 47.1 Å². The van der Waals surface area contributed by atoms with Crippen molar-refractivity contribution < 1.29 is 4.39 Å². The molecule has 240 valence electrons. The van der Waals surface area contributed by atoms with Gasteiger partial charge in [-0.3, -0.25) is 0 Å². The Morgan fingerprint density at radius 1 is 0.429 bits per heavy atom. The predicted molar refractivity (Wildman–Crippen MR) is 215 cm³/mol. The van der Waals surface area contributed by atoms with E-state index in [9.17, 15) is 0 Å². The number of hydrogen-bond acceptors (Lipinski definition) is 0. The van der Waals surface area contributed by atoms with Crippen LogP contribution in [0, 0.1) is 17.3 Å². The maximum absolute atomic E-state index is 16.3. The quantitative estimate of drug-likeness (QED) is 0.101. The zero-order valence-electron chi connectivity index (χ0n) is 29.2. The molecule has 0 heterocycles. The number of benzene rings is 8. The van der Waals surface area contributed by atoms with Crippen LogP contribution in [0.15, 0.2) is 121 Å². The molecule has 0 nitrogen and oxygen atoms in total. The van der Waals surface area contributed by atoms with Crippen molar-refractivity contribution in [3.8, 4) is 22.6 Å². The van der Waals surface area contributed by atoms with Crippen molar-refractivity contribution in [2.24, 2.45) is 0 Å². The summed E-state index contributed by atoms with van der Waals surface area (Å²) in [5.74, 6) is 3.79. The Morgan fingerprint density at radius 2 is 0.755 bits per heavy atom. The van der Waals surface area contributed by atoms with E-state index in [1.54, 1.807) is 0 Å². The molecule has 0 N–H and O–H groups in total. The molecule has 0 atom stereocenters. The largest absolute Gasteiger partial charge is 0.206 e. The predicted octanol–water partition coefficient (Wildman–Crippen LogP) is 14.0. The highest BCUT2D eigenvalue weighted by Gasteiger charge is 2.41. The lowest BCUT2D eigenvalue weighted by molar-refractivity contribution is 0.651. The second kappa shape index (κ2) is 11.9. The minimum Gasteiger partial charge on any atom is -0.206 e. The summed E-state index contributed by atoms with van der Waals surface area (Å²) in [6, 6.07) is 42.6. The molecule has 0 amide bonds. The molecule has 0 aliphatic carbocycles. The molecule has 8 rings (SSSR count). The van der Waals surface area contributed by atoms with Crippen molar-refractivity contribution in [2.75, 3.05) is 0 Å². The summed E-state index contributed by atoms with van der Waals surface area (Å²) in [5, 5.41) is 12.5. The van der Waals surface area contributed by atoms with Gasteiger partial charge in [0.1, 0.15) is 13.9 Å². The molecule has 8 aromatic carbocycles. The van der Waals surface area contributed by atoms with Crippen LogP contribution in [-0.4, -0.2) is 8.07 Å². The van der Waals surface area contributed by atoms with Gasteiger partial charge in [0.15, 0.2) is 0 Å². The normalized spacial score (nSPS) is 12.4. The van der Waals surface area contributed by atoms with E-state index < -0.39 is 8.07 Å². The van der Waals surface area contributed by atoms with Crippen LogP contribution in [0.25, 0.3) is 75.8 Å². The monoisotopic (exact) mass is 652 g/mol. The van der Waals surface area contributed by atoms with Crippen LogP contribution in [0.5, 0.6) is 0 Å².